The van der Waals surface area contributed by atoms with Crippen LogP contribution in [0.15, 0.2) is 42.7 Å². The second kappa shape index (κ2) is 7.32. The largest absolute Gasteiger partial charge is 0.499 e. The second-order valence-corrected chi connectivity index (χ2v) is 8.18. The van der Waals surface area contributed by atoms with Crippen molar-refractivity contribution in [1.82, 2.24) is 0 Å². The monoisotopic (exact) mass is 416 g/mol. The maximum atomic E-state index is 12.1. The maximum absolute atomic E-state index is 12.1. The summed E-state index contributed by atoms with van der Waals surface area (Å²) in [6.07, 6.45) is 2.36. The van der Waals surface area contributed by atoms with E-state index in [2.05, 4.69) is 13.5 Å². The topological polar surface area (TPSA) is 83.5 Å². The number of benzene rings is 1. The first kappa shape index (κ1) is 20.8. The average Bonchev–Trinajstić information content (AvgIpc) is 3.24. The predicted octanol–water partition coefficient (Wildman–Crippen LogP) is 2.93. The summed E-state index contributed by atoms with van der Waals surface area (Å²) in [5.41, 5.74) is -1.00. The van der Waals surface area contributed by atoms with Crippen molar-refractivity contribution >= 4 is 5.97 Å². The van der Waals surface area contributed by atoms with Gasteiger partial charge < -0.3 is 28.8 Å². The molecule has 0 unspecified atom stereocenters. The zero-order valence-electron chi connectivity index (χ0n) is 17.7. The Hall–Kier alpha value is -2.51. The second-order valence-electron chi connectivity index (χ2n) is 8.18. The molecule has 0 spiro atoms. The molecule has 2 bridgehead atoms. The van der Waals surface area contributed by atoms with Crippen molar-refractivity contribution in [3.8, 4) is 11.5 Å². The molecule has 3 aliphatic rings. The molecule has 1 aromatic rings. The number of ether oxygens (including phenoxy) is 5. The molecule has 2 aliphatic carbocycles. The number of rotatable bonds is 6. The summed E-state index contributed by atoms with van der Waals surface area (Å²) < 4.78 is 28.6. The lowest BCUT2D eigenvalue weighted by Crippen LogP contribution is -2.61. The number of fused-ring (bicyclic) bond motifs is 3. The Balaban J connectivity index is 1.96. The van der Waals surface area contributed by atoms with Crippen LogP contribution in [0.4, 0.5) is 0 Å². The van der Waals surface area contributed by atoms with Crippen LogP contribution in [0.2, 0.25) is 0 Å². The Bertz CT molecular complexity index is 894. The minimum Gasteiger partial charge on any atom is -0.499 e. The van der Waals surface area contributed by atoms with Crippen LogP contribution in [0.25, 0.3) is 0 Å². The number of aliphatic hydroxyl groups excluding tert-OH is 1. The third-order valence-electron chi connectivity index (χ3n) is 6.97. The molecule has 1 N–H and O–H groups in total. The van der Waals surface area contributed by atoms with E-state index in [1.807, 2.05) is 24.3 Å². The number of esters is 1. The van der Waals surface area contributed by atoms with Gasteiger partial charge in [0.2, 0.25) is 6.79 Å². The van der Waals surface area contributed by atoms with Crippen molar-refractivity contribution in [2.24, 2.45) is 11.3 Å². The van der Waals surface area contributed by atoms with Gasteiger partial charge in [-0.2, -0.15) is 0 Å². The van der Waals surface area contributed by atoms with Crippen LogP contribution in [-0.4, -0.2) is 49.9 Å². The fraction of sp³-hybridized carbons (Fsp3) is 0.522. The van der Waals surface area contributed by atoms with Gasteiger partial charge in [-0.3, -0.25) is 4.79 Å². The van der Waals surface area contributed by atoms with E-state index in [1.165, 1.54) is 21.1 Å². The summed E-state index contributed by atoms with van der Waals surface area (Å²) in [5.74, 6) is 0.880. The highest BCUT2D eigenvalue weighted by molar-refractivity contribution is 5.67. The zero-order chi connectivity index (χ0) is 21.7. The van der Waals surface area contributed by atoms with Gasteiger partial charge in [-0.15, -0.1) is 6.58 Å². The number of hydrogen-bond acceptors (Lipinski definition) is 7. The molecule has 1 aliphatic heterocycles. The van der Waals surface area contributed by atoms with Crippen molar-refractivity contribution in [1.29, 1.82) is 0 Å². The smallest absolute Gasteiger partial charge is 0.303 e. The third kappa shape index (κ3) is 2.61. The molecule has 0 saturated heterocycles. The minimum absolute atomic E-state index is 0.0810. The van der Waals surface area contributed by atoms with Crippen LogP contribution in [0.3, 0.4) is 0 Å². The molecule has 0 amide bonds. The molecule has 0 radical (unpaired) electrons. The first-order valence-electron chi connectivity index (χ1n) is 10.0. The number of carbonyl (C=O) groups excluding carboxylic acids is 1. The SMILES string of the molecule is C=CC[C@@]12C=C(OC)[C@@H](O)[C@@](OC)([C@H](c3ccc4c(c3)OCO4)[C@H]1C)[C@@H]2OC(C)=O. The summed E-state index contributed by atoms with van der Waals surface area (Å²) in [7, 11) is 3.06. The number of hydrogen-bond donors (Lipinski definition) is 1. The normalized spacial score (nSPS) is 36.2. The average molecular weight is 416 g/mol. The highest BCUT2D eigenvalue weighted by Crippen LogP contribution is 2.66. The molecule has 1 fully saturated rings. The van der Waals surface area contributed by atoms with Crippen molar-refractivity contribution in [3.63, 3.8) is 0 Å². The van der Waals surface area contributed by atoms with E-state index in [-0.39, 0.29) is 18.6 Å². The lowest BCUT2D eigenvalue weighted by molar-refractivity contribution is -0.201. The van der Waals surface area contributed by atoms with E-state index < -0.39 is 29.2 Å². The molecule has 6 atom stereocenters. The van der Waals surface area contributed by atoms with Gasteiger partial charge >= 0.3 is 5.97 Å². The molecule has 162 valence electrons. The first-order valence-corrected chi connectivity index (χ1v) is 10.0. The molecule has 30 heavy (non-hydrogen) atoms. The van der Waals surface area contributed by atoms with Gasteiger partial charge in [-0.05, 0) is 36.1 Å². The fourth-order valence-corrected chi connectivity index (χ4v) is 5.75. The zero-order valence-corrected chi connectivity index (χ0v) is 17.7. The van der Waals surface area contributed by atoms with Gasteiger partial charge in [0.15, 0.2) is 11.5 Å². The molecule has 7 nitrogen and oxygen atoms in total. The first-order chi connectivity index (χ1) is 14.4. The van der Waals surface area contributed by atoms with Gasteiger partial charge in [0.25, 0.3) is 0 Å². The van der Waals surface area contributed by atoms with Gasteiger partial charge in [-0.25, -0.2) is 0 Å². The molecular weight excluding hydrogens is 388 g/mol. The standard InChI is InChI=1S/C23H28O7/c1-6-9-22-11-18(26-4)20(25)23(27-5,21(22)30-14(3)24)19(13(22)2)15-7-8-16-17(10-15)29-12-28-16/h6-8,10-11,13,19-21,25H,1,9,12H2,2-5H3/t13-,19+,20-,21-,22-,23+/m1/s1. The Labute approximate surface area is 176 Å². The van der Waals surface area contributed by atoms with E-state index in [0.29, 0.717) is 23.7 Å². The molecule has 1 aromatic carbocycles. The number of allylic oxidation sites excluding steroid dienone is 1. The molecule has 1 saturated carbocycles. The van der Waals surface area contributed by atoms with Gasteiger partial charge in [0.1, 0.15) is 23.6 Å². The van der Waals surface area contributed by atoms with E-state index in [0.717, 1.165) is 5.56 Å². The lowest BCUT2D eigenvalue weighted by atomic mass is 9.69. The van der Waals surface area contributed by atoms with E-state index in [1.54, 1.807) is 6.08 Å². The molecular formula is C23H28O7. The molecule has 4 rings (SSSR count). The number of aliphatic hydroxyl groups is 1. The summed E-state index contributed by atoms with van der Waals surface area (Å²) >= 11 is 0. The van der Waals surface area contributed by atoms with Crippen molar-refractivity contribution in [3.05, 3.63) is 48.3 Å². The minimum atomic E-state index is -1.25. The number of methoxy groups -OCH3 is 2. The van der Waals surface area contributed by atoms with Crippen LogP contribution >= 0.6 is 0 Å². The highest BCUT2D eigenvalue weighted by atomic mass is 16.7. The van der Waals surface area contributed by atoms with Crippen LogP contribution in [0, 0.1) is 11.3 Å². The van der Waals surface area contributed by atoms with E-state index >= 15 is 0 Å². The summed E-state index contributed by atoms with van der Waals surface area (Å²) in [6, 6.07) is 5.71. The van der Waals surface area contributed by atoms with E-state index in [4.69, 9.17) is 23.7 Å². The van der Waals surface area contributed by atoms with Crippen molar-refractivity contribution < 1.29 is 33.6 Å². The predicted molar refractivity (Wildman–Crippen MR) is 108 cm³/mol. The Kier molecular flexibility index (Phi) is 5.06. The van der Waals surface area contributed by atoms with Gasteiger partial charge in [0, 0.05) is 25.4 Å². The lowest BCUT2D eigenvalue weighted by Gasteiger charge is -2.47. The number of carbonyl (C=O) groups is 1. The summed E-state index contributed by atoms with van der Waals surface area (Å²) in [4.78, 5) is 12.1. The fourth-order valence-electron chi connectivity index (χ4n) is 5.75. The maximum Gasteiger partial charge on any atom is 0.303 e. The highest BCUT2D eigenvalue weighted by Gasteiger charge is 2.73. The molecule has 7 heteroatoms. The van der Waals surface area contributed by atoms with Crippen LogP contribution in [-0.2, 0) is 19.0 Å². The van der Waals surface area contributed by atoms with Crippen LogP contribution in [0.5, 0.6) is 11.5 Å². The molecule has 1 heterocycles. The van der Waals surface area contributed by atoms with Crippen molar-refractivity contribution in [2.45, 2.75) is 44.0 Å². The van der Waals surface area contributed by atoms with E-state index in [9.17, 15) is 9.90 Å². The molecule has 0 aromatic heterocycles. The van der Waals surface area contributed by atoms with Gasteiger partial charge in [0.05, 0.1) is 7.11 Å². The quantitative estimate of drug-likeness (QED) is 0.564. The summed E-state index contributed by atoms with van der Waals surface area (Å²) in [5, 5.41) is 11.4. The third-order valence-corrected chi connectivity index (χ3v) is 6.97. The Morgan fingerprint density at radius 1 is 1.33 bits per heavy atom. The summed E-state index contributed by atoms with van der Waals surface area (Å²) in [6.45, 7) is 7.55. The van der Waals surface area contributed by atoms with Crippen molar-refractivity contribution in [2.75, 3.05) is 21.0 Å². The van der Waals surface area contributed by atoms with Gasteiger partial charge in [-0.1, -0.05) is 19.1 Å². The Morgan fingerprint density at radius 2 is 2.07 bits per heavy atom. The van der Waals surface area contributed by atoms with Crippen LogP contribution < -0.4 is 9.47 Å². The Morgan fingerprint density at radius 3 is 2.70 bits per heavy atom. The van der Waals surface area contributed by atoms with Crippen LogP contribution in [0.1, 0.15) is 31.7 Å².